The molecule has 194 valence electrons. The topological polar surface area (TPSA) is 94.7 Å². The summed E-state index contributed by atoms with van der Waals surface area (Å²) in [6, 6.07) is 21.9. The van der Waals surface area contributed by atoms with Crippen LogP contribution in [0.1, 0.15) is 36.0 Å². The number of carbonyl (C=O) groups excluding carboxylic acids is 2. The summed E-state index contributed by atoms with van der Waals surface area (Å²) in [4.78, 5) is 27.7. The zero-order valence-corrected chi connectivity index (χ0v) is 21.3. The molecule has 0 aliphatic carbocycles. The standard InChI is InChI=1S/C29H35N5O3/c1-37-27-21-25(15-16-26(27)28(35)30-17-8-20-34-18-6-3-7-19-34)33-29(36)32-24-13-11-23(12-14-24)31-22-9-4-2-5-10-22/h2,4-5,9-16,21,31H,3,6-8,17-20H2,1H3,(H,30,35)(H2,32,33,36). The van der Waals surface area contributed by atoms with Crippen molar-refractivity contribution in [3.05, 3.63) is 78.4 Å². The van der Waals surface area contributed by atoms with Crippen LogP contribution in [-0.4, -0.2) is 50.1 Å². The van der Waals surface area contributed by atoms with Crippen LogP contribution in [0.25, 0.3) is 0 Å². The van der Waals surface area contributed by atoms with E-state index in [-0.39, 0.29) is 11.9 Å². The molecule has 4 N–H and O–H groups in total. The van der Waals surface area contributed by atoms with Gasteiger partial charge < -0.3 is 30.9 Å². The lowest BCUT2D eigenvalue weighted by Gasteiger charge is -2.26. The van der Waals surface area contributed by atoms with Crippen molar-refractivity contribution in [3.8, 4) is 5.75 Å². The second-order valence-corrected chi connectivity index (χ2v) is 9.07. The van der Waals surface area contributed by atoms with Crippen molar-refractivity contribution in [3.63, 3.8) is 0 Å². The van der Waals surface area contributed by atoms with Gasteiger partial charge in [-0.25, -0.2) is 4.79 Å². The van der Waals surface area contributed by atoms with Crippen LogP contribution in [0.2, 0.25) is 0 Å². The summed E-state index contributed by atoms with van der Waals surface area (Å²) in [5.41, 5.74) is 3.53. The molecule has 4 rings (SSSR count). The van der Waals surface area contributed by atoms with E-state index >= 15 is 0 Å². The second kappa shape index (κ2) is 13.3. The maximum Gasteiger partial charge on any atom is 0.323 e. The largest absolute Gasteiger partial charge is 0.496 e. The number of hydrogen-bond acceptors (Lipinski definition) is 5. The first-order chi connectivity index (χ1) is 18.1. The summed E-state index contributed by atoms with van der Waals surface area (Å²) >= 11 is 0. The van der Waals surface area contributed by atoms with E-state index in [9.17, 15) is 9.59 Å². The predicted octanol–water partition coefficient (Wildman–Crippen LogP) is 5.69. The first kappa shape index (κ1) is 26.0. The first-order valence-corrected chi connectivity index (χ1v) is 12.8. The minimum absolute atomic E-state index is 0.185. The van der Waals surface area contributed by atoms with E-state index in [1.54, 1.807) is 18.2 Å². The number of likely N-dealkylation sites (tertiary alicyclic amines) is 1. The quantitative estimate of drug-likeness (QED) is 0.268. The minimum Gasteiger partial charge on any atom is -0.496 e. The number of nitrogens with one attached hydrogen (secondary N) is 4. The number of para-hydroxylation sites is 1. The lowest BCUT2D eigenvalue weighted by atomic mass is 10.1. The number of amides is 3. The third kappa shape index (κ3) is 7.98. The Hall–Kier alpha value is -4.04. The van der Waals surface area contributed by atoms with Crippen LogP contribution in [0.5, 0.6) is 5.75 Å². The van der Waals surface area contributed by atoms with Crippen molar-refractivity contribution in [2.45, 2.75) is 25.7 Å². The summed E-state index contributed by atoms with van der Waals surface area (Å²) in [6.07, 6.45) is 4.76. The maximum absolute atomic E-state index is 12.7. The molecule has 8 nitrogen and oxygen atoms in total. The molecule has 0 unspecified atom stereocenters. The maximum atomic E-state index is 12.7. The molecule has 0 saturated carbocycles. The number of nitrogens with zero attached hydrogens (tertiary/aromatic N) is 1. The van der Waals surface area contributed by atoms with Crippen molar-refractivity contribution >= 4 is 34.7 Å². The Kier molecular flexibility index (Phi) is 9.37. The molecule has 1 saturated heterocycles. The molecule has 1 aliphatic heterocycles. The lowest BCUT2D eigenvalue weighted by Crippen LogP contribution is -2.33. The van der Waals surface area contributed by atoms with Gasteiger partial charge in [-0.3, -0.25) is 4.79 Å². The highest BCUT2D eigenvalue weighted by molar-refractivity contribution is 6.01. The number of anilines is 4. The Morgan fingerprint density at radius 1 is 0.811 bits per heavy atom. The van der Waals surface area contributed by atoms with Crippen LogP contribution in [0, 0.1) is 0 Å². The molecule has 37 heavy (non-hydrogen) atoms. The third-order valence-electron chi connectivity index (χ3n) is 6.29. The van der Waals surface area contributed by atoms with E-state index < -0.39 is 0 Å². The Bertz CT molecular complexity index is 1160. The van der Waals surface area contributed by atoms with Gasteiger partial charge in [0.15, 0.2) is 0 Å². The molecule has 0 atom stereocenters. The van der Waals surface area contributed by atoms with E-state index in [1.165, 1.54) is 26.4 Å². The van der Waals surface area contributed by atoms with Crippen LogP contribution in [0.4, 0.5) is 27.5 Å². The van der Waals surface area contributed by atoms with E-state index in [1.807, 2.05) is 54.6 Å². The molecule has 0 radical (unpaired) electrons. The molecule has 8 heteroatoms. The Labute approximate surface area is 218 Å². The average Bonchev–Trinajstić information content (AvgIpc) is 2.93. The second-order valence-electron chi connectivity index (χ2n) is 9.07. The molecule has 1 aliphatic rings. The van der Waals surface area contributed by atoms with Crippen LogP contribution in [0.15, 0.2) is 72.8 Å². The van der Waals surface area contributed by atoms with Gasteiger partial charge in [0.2, 0.25) is 0 Å². The molecule has 0 spiro atoms. The fourth-order valence-corrected chi connectivity index (χ4v) is 4.36. The van der Waals surface area contributed by atoms with Crippen molar-refractivity contribution in [2.75, 3.05) is 49.2 Å². The highest BCUT2D eigenvalue weighted by Gasteiger charge is 2.14. The Morgan fingerprint density at radius 3 is 2.19 bits per heavy atom. The summed E-state index contributed by atoms with van der Waals surface area (Å²) in [5.74, 6) is 0.221. The molecular weight excluding hydrogens is 466 g/mol. The molecule has 1 heterocycles. The minimum atomic E-state index is -0.388. The zero-order chi connectivity index (χ0) is 25.9. The monoisotopic (exact) mass is 501 g/mol. The number of methoxy groups -OCH3 is 1. The zero-order valence-electron chi connectivity index (χ0n) is 21.3. The molecule has 3 amide bonds. The number of urea groups is 1. The van der Waals surface area contributed by atoms with Crippen molar-refractivity contribution < 1.29 is 14.3 Å². The molecule has 3 aromatic carbocycles. The van der Waals surface area contributed by atoms with Crippen molar-refractivity contribution in [2.24, 2.45) is 0 Å². The van der Waals surface area contributed by atoms with Gasteiger partial charge in [0.05, 0.1) is 12.7 Å². The Balaban J connectivity index is 1.25. The van der Waals surface area contributed by atoms with Crippen molar-refractivity contribution in [1.82, 2.24) is 10.2 Å². The molecule has 0 aromatic heterocycles. The first-order valence-electron chi connectivity index (χ1n) is 12.8. The summed E-state index contributed by atoms with van der Waals surface area (Å²) in [5, 5.41) is 11.9. The number of hydrogen-bond donors (Lipinski definition) is 4. The van der Waals surface area contributed by atoms with Crippen LogP contribution in [0.3, 0.4) is 0 Å². The SMILES string of the molecule is COc1cc(NC(=O)Nc2ccc(Nc3ccccc3)cc2)ccc1C(=O)NCCCN1CCCCC1. The van der Waals surface area contributed by atoms with E-state index in [2.05, 4.69) is 26.2 Å². The van der Waals surface area contributed by atoms with Gasteiger partial charge in [0, 0.05) is 35.4 Å². The molecule has 1 fully saturated rings. The molecule has 0 bridgehead atoms. The summed E-state index contributed by atoms with van der Waals surface area (Å²) in [6.45, 7) is 3.92. The summed E-state index contributed by atoms with van der Waals surface area (Å²) in [7, 11) is 1.51. The van der Waals surface area contributed by atoms with Gasteiger partial charge >= 0.3 is 6.03 Å². The van der Waals surface area contributed by atoms with Crippen LogP contribution in [-0.2, 0) is 0 Å². The molecule has 3 aromatic rings. The number of piperidine rings is 1. The predicted molar refractivity (Wildman–Crippen MR) is 149 cm³/mol. The smallest absolute Gasteiger partial charge is 0.323 e. The third-order valence-corrected chi connectivity index (χ3v) is 6.29. The number of rotatable bonds is 10. The average molecular weight is 502 g/mol. The highest BCUT2D eigenvalue weighted by atomic mass is 16.5. The van der Waals surface area contributed by atoms with Crippen LogP contribution < -0.4 is 26.0 Å². The fourth-order valence-electron chi connectivity index (χ4n) is 4.36. The van der Waals surface area contributed by atoms with Gasteiger partial charge in [-0.05, 0) is 87.4 Å². The van der Waals surface area contributed by atoms with Crippen LogP contribution >= 0.6 is 0 Å². The van der Waals surface area contributed by atoms with E-state index in [4.69, 9.17) is 4.74 Å². The highest BCUT2D eigenvalue weighted by Crippen LogP contribution is 2.24. The lowest BCUT2D eigenvalue weighted by molar-refractivity contribution is 0.0948. The van der Waals surface area contributed by atoms with Gasteiger partial charge in [0.1, 0.15) is 5.75 Å². The van der Waals surface area contributed by atoms with Crippen molar-refractivity contribution in [1.29, 1.82) is 0 Å². The Morgan fingerprint density at radius 2 is 1.46 bits per heavy atom. The van der Waals surface area contributed by atoms with Gasteiger partial charge in [-0.2, -0.15) is 0 Å². The normalized spacial score (nSPS) is 13.4. The molecular formula is C29H35N5O3. The van der Waals surface area contributed by atoms with E-state index in [0.717, 1.165) is 37.4 Å². The summed E-state index contributed by atoms with van der Waals surface area (Å²) < 4.78 is 5.42. The number of carbonyl (C=O) groups is 2. The van der Waals surface area contributed by atoms with Gasteiger partial charge in [-0.15, -0.1) is 0 Å². The van der Waals surface area contributed by atoms with Gasteiger partial charge in [-0.1, -0.05) is 24.6 Å². The van der Waals surface area contributed by atoms with Gasteiger partial charge in [0.25, 0.3) is 5.91 Å². The number of ether oxygens (including phenoxy) is 1. The fraction of sp³-hybridized carbons (Fsp3) is 0.310. The van der Waals surface area contributed by atoms with E-state index in [0.29, 0.717) is 29.2 Å². The number of benzene rings is 3.